The molecule has 0 aromatic carbocycles. The Bertz CT molecular complexity index is 1190. The summed E-state index contributed by atoms with van der Waals surface area (Å²) < 4.78 is 5.61. The molecule has 2 unspecified atom stereocenters. The molecule has 7 atom stereocenters. The van der Waals surface area contributed by atoms with Gasteiger partial charge in [-0.25, -0.2) is 9.59 Å². The number of likely N-dealkylation sites (tertiary alicyclic amines) is 1. The van der Waals surface area contributed by atoms with E-state index in [1.807, 2.05) is 41.5 Å². The second-order valence-electron chi connectivity index (χ2n) is 14.8. The normalized spacial score (nSPS) is 24.3. The maximum Gasteiger partial charge on any atom is 0.329 e. The zero-order valence-electron chi connectivity index (χ0n) is 28.3. The number of amides is 5. The van der Waals surface area contributed by atoms with Gasteiger partial charge in [0.2, 0.25) is 17.6 Å². The Morgan fingerprint density at radius 2 is 1.64 bits per heavy atom. The smallest absolute Gasteiger partial charge is 0.329 e. The molecule has 3 aliphatic rings. The van der Waals surface area contributed by atoms with Crippen molar-refractivity contribution >= 4 is 35.5 Å². The number of rotatable bonds is 14. The lowest BCUT2D eigenvalue weighted by atomic mass is 9.85. The van der Waals surface area contributed by atoms with Crippen LogP contribution >= 0.6 is 0 Å². The van der Waals surface area contributed by atoms with Gasteiger partial charge in [-0.15, -0.1) is 6.58 Å². The quantitative estimate of drug-likeness (QED) is 0.130. The summed E-state index contributed by atoms with van der Waals surface area (Å²) in [7, 11) is 0. The summed E-state index contributed by atoms with van der Waals surface area (Å²) in [5.41, 5.74) is -0.951. The van der Waals surface area contributed by atoms with Crippen LogP contribution in [-0.2, 0) is 28.7 Å². The molecule has 0 bridgehead atoms. The lowest BCUT2D eigenvalue weighted by Gasteiger charge is -2.38. The molecule has 4 N–H and O–H groups in total. The highest BCUT2D eigenvalue weighted by Gasteiger charge is 2.70. The number of fused-ring (bicyclic) bond motifs is 1. The minimum absolute atomic E-state index is 0.0619. The molecule has 2 aliphatic carbocycles. The molecule has 1 aliphatic heterocycles. The highest BCUT2D eigenvalue weighted by molar-refractivity contribution is 6.38. The number of piperidine rings is 1. The zero-order valence-corrected chi connectivity index (χ0v) is 28.3. The van der Waals surface area contributed by atoms with Crippen LogP contribution in [0.1, 0.15) is 81.6 Å². The summed E-state index contributed by atoms with van der Waals surface area (Å²) in [6.45, 7) is 20.6. The average molecular weight is 632 g/mol. The van der Waals surface area contributed by atoms with Crippen LogP contribution < -0.4 is 21.3 Å². The van der Waals surface area contributed by atoms with Crippen molar-refractivity contribution in [1.82, 2.24) is 26.2 Å². The number of hydrogen-bond donors (Lipinski definition) is 4. The van der Waals surface area contributed by atoms with Crippen molar-refractivity contribution in [1.29, 1.82) is 0 Å². The van der Waals surface area contributed by atoms with Crippen molar-refractivity contribution in [2.75, 3.05) is 13.1 Å². The summed E-state index contributed by atoms with van der Waals surface area (Å²) in [5.74, 6) is -3.05. The van der Waals surface area contributed by atoms with Gasteiger partial charge in [-0.3, -0.25) is 19.2 Å². The van der Waals surface area contributed by atoms with E-state index in [0.29, 0.717) is 12.5 Å². The van der Waals surface area contributed by atoms with Crippen molar-refractivity contribution in [2.45, 2.75) is 112 Å². The largest absolute Gasteiger partial charge is 0.461 e. The first-order chi connectivity index (χ1) is 20.9. The van der Waals surface area contributed by atoms with Crippen LogP contribution in [0.5, 0.6) is 0 Å². The van der Waals surface area contributed by atoms with Crippen LogP contribution in [0.25, 0.3) is 0 Å². The van der Waals surface area contributed by atoms with Crippen molar-refractivity contribution in [3.05, 3.63) is 12.7 Å². The van der Waals surface area contributed by atoms with E-state index in [-0.39, 0.29) is 42.2 Å². The Balaban J connectivity index is 1.77. The van der Waals surface area contributed by atoms with Crippen LogP contribution in [0.15, 0.2) is 12.7 Å². The Labute approximate surface area is 267 Å². The number of ketones is 1. The van der Waals surface area contributed by atoms with Gasteiger partial charge in [-0.2, -0.15) is 0 Å². The first kappa shape index (κ1) is 36.0. The van der Waals surface area contributed by atoms with Gasteiger partial charge in [0.05, 0.1) is 6.04 Å². The first-order valence-corrected chi connectivity index (χ1v) is 16.2. The molecule has 1 saturated heterocycles. The van der Waals surface area contributed by atoms with Gasteiger partial charge in [0.25, 0.3) is 5.91 Å². The highest BCUT2D eigenvalue weighted by Crippen LogP contribution is 2.65. The van der Waals surface area contributed by atoms with E-state index in [2.05, 4.69) is 27.8 Å². The molecule has 2 saturated carbocycles. The summed E-state index contributed by atoms with van der Waals surface area (Å²) in [6.07, 6.45) is 3.44. The van der Waals surface area contributed by atoms with Gasteiger partial charge >= 0.3 is 12.0 Å². The molecular formula is C33H53N5O7. The van der Waals surface area contributed by atoms with Crippen LogP contribution in [0.2, 0.25) is 0 Å². The van der Waals surface area contributed by atoms with Crippen LogP contribution in [-0.4, -0.2) is 83.8 Å². The van der Waals surface area contributed by atoms with Gasteiger partial charge in [-0.1, -0.05) is 61.5 Å². The predicted molar refractivity (Wildman–Crippen MR) is 169 cm³/mol. The van der Waals surface area contributed by atoms with Gasteiger partial charge in [0, 0.05) is 13.1 Å². The fourth-order valence-electron chi connectivity index (χ4n) is 6.38. The molecule has 45 heavy (non-hydrogen) atoms. The molecule has 252 valence electrons. The SMILES string of the molecule is C=CCNC(=O)C(=O)C(CC)NC(=O)[C@@H]1[C@@H]2[C@H](CN1C(=O)[C@@H](NC(=O)N[C@H](C(=O)OC(C)C1CC1)C(C)C)C(C)(C)C)C2(C)C. The fraction of sp³-hybridized carbons (Fsp3) is 0.758. The Hall–Kier alpha value is -3.44. The Morgan fingerprint density at radius 3 is 2.16 bits per heavy atom. The Kier molecular flexibility index (Phi) is 11.1. The molecule has 0 radical (unpaired) electrons. The maximum atomic E-state index is 14.2. The maximum absolute atomic E-state index is 14.2. The number of esters is 1. The van der Waals surface area contributed by atoms with Gasteiger partial charge < -0.3 is 30.9 Å². The summed E-state index contributed by atoms with van der Waals surface area (Å²) in [6, 6.07) is -4.57. The van der Waals surface area contributed by atoms with Crippen LogP contribution in [0.4, 0.5) is 4.79 Å². The second-order valence-corrected chi connectivity index (χ2v) is 14.8. The number of carbonyl (C=O) groups is 6. The van der Waals surface area contributed by atoms with E-state index in [4.69, 9.17) is 4.74 Å². The lowest BCUT2D eigenvalue weighted by molar-refractivity contribution is -0.152. The van der Waals surface area contributed by atoms with Crippen molar-refractivity contribution in [2.24, 2.45) is 34.5 Å². The highest BCUT2D eigenvalue weighted by atomic mass is 16.5. The van der Waals surface area contributed by atoms with Crippen LogP contribution in [0, 0.1) is 34.5 Å². The number of nitrogens with one attached hydrogen (secondary N) is 4. The van der Waals surface area contributed by atoms with Crippen molar-refractivity contribution in [3.63, 3.8) is 0 Å². The number of carbonyl (C=O) groups excluding carboxylic acids is 6. The third-order valence-corrected chi connectivity index (χ3v) is 9.62. The second kappa shape index (κ2) is 13.9. The molecule has 12 heteroatoms. The number of Topliss-reactive ketones (excluding diaryl/α,β-unsaturated/α-hetero) is 1. The van der Waals surface area contributed by atoms with Gasteiger partial charge in [0.15, 0.2) is 0 Å². The topological polar surface area (TPSA) is 163 Å². The molecule has 3 fully saturated rings. The van der Waals surface area contributed by atoms with Crippen molar-refractivity contribution < 1.29 is 33.5 Å². The van der Waals surface area contributed by atoms with E-state index in [1.165, 1.54) is 11.0 Å². The minimum atomic E-state index is -1.06. The van der Waals surface area contributed by atoms with E-state index in [1.54, 1.807) is 20.8 Å². The summed E-state index contributed by atoms with van der Waals surface area (Å²) in [5, 5.41) is 10.7. The fourth-order valence-corrected chi connectivity index (χ4v) is 6.38. The first-order valence-electron chi connectivity index (χ1n) is 16.2. The number of ether oxygens (including phenoxy) is 1. The monoisotopic (exact) mass is 631 g/mol. The predicted octanol–water partition coefficient (Wildman–Crippen LogP) is 2.32. The molecular weight excluding hydrogens is 578 g/mol. The third-order valence-electron chi connectivity index (χ3n) is 9.62. The molecule has 0 aromatic heterocycles. The lowest BCUT2D eigenvalue weighted by Crippen LogP contribution is -2.62. The van der Waals surface area contributed by atoms with E-state index >= 15 is 0 Å². The number of urea groups is 1. The van der Waals surface area contributed by atoms with Crippen LogP contribution in [0.3, 0.4) is 0 Å². The molecule has 1 heterocycles. The minimum Gasteiger partial charge on any atom is -0.461 e. The standard InChI is InChI=1S/C33H53N5O7/c1-11-15-34-28(41)25(39)21(12-2)35-27(40)24-22-20(33(22,9)10)16-38(24)29(42)26(32(6,7)8)37-31(44)36-23(17(3)4)30(43)45-18(5)19-13-14-19/h11,17-24,26H,1,12-16H2,2-10H3,(H,34,41)(H,35,40)(H2,36,37,44)/t18?,20-,21?,22-,23-,24-,26+/m0/s1. The van der Waals surface area contributed by atoms with E-state index in [0.717, 1.165) is 12.8 Å². The Morgan fingerprint density at radius 1 is 1.02 bits per heavy atom. The molecule has 12 nitrogen and oxygen atoms in total. The zero-order chi connectivity index (χ0) is 34.0. The van der Waals surface area contributed by atoms with E-state index in [9.17, 15) is 28.8 Å². The molecule has 0 aromatic rings. The third kappa shape index (κ3) is 8.24. The number of nitrogens with zero attached hydrogens (tertiary/aromatic N) is 1. The van der Waals surface area contributed by atoms with E-state index < -0.39 is 65.1 Å². The van der Waals surface area contributed by atoms with Crippen molar-refractivity contribution in [3.8, 4) is 0 Å². The molecule has 3 rings (SSSR count). The molecule has 0 spiro atoms. The molecule has 5 amide bonds. The number of hydrogen-bond acceptors (Lipinski definition) is 7. The summed E-state index contributed by atoms with van der Waals surface area (Å²) >= 11 is 0. The summed E-state index contributed by atoms with van der Waals surface area (Å²) in [4.78, 5) is 80.8. The average Bonchev–Trinajstić information content (AvgIpc) is 3.84. The van der Waals surface area contributed by atoms with Gasteiger partial charge in [0.1, 0.15) is 24.2 Å². The van der Waals surface area contributed by atoms with Gasteiger partial charge in [-0.05, 0) is 60.7 Å².